The van der Waals surface area contributed by atoms with Gasteiger partial charge in [-0.1, -0.05) is 71.7 Å². The van der Waals surface area contributed by atoms with Gasteiger partial charge in [0.15, 0.2) is 5.78 Å². The van der Waals surface area contributed by atoms with Crippen molar-refractivity contribution >= 4 is 28.3 Å². The Morgan fingerprint density at radius 2 is 1.68 bits per heavy atom. The summed E-state index contributed by atoms with van der Waals surface area (Å²) in [5, 5.41) is 11.8. The molecule has 0 saturated heterocycles. The summed E-state index contributed by atoms with van der Waals surface area (Å²) in [5.74, 6) is 0.321. The highest BCUT2D eigenvalue weighted by Gasteiger charge is 2.29. The van der Waals surface area contributed by atoms with Crippen molar-refractivity contribution in [1.82, 2.24) is 4.57 Å². The van der Waals surface area contributed by atoms with Crippen LogP contribution in [0.4, 0.5) is 0 Å². The predicted molar refractivity (Wildman–Crippen MR) is 130 cm³/mol. The highest BCUT2D eigenvalue weighted by molar-refractivity contribution is 6.30. The van der Waals surface area contributed by atoms with Gasteiger partial charge in [0.1, 0.15) is 5.75 Å². The fraction of sp³-hybridized carbons (Fsp3) is 0.444. The van der Waals surface area contributed by atoms with Crippen molar-refractivity contribution in [2.75, 3.05) is 0 Å². The van der Waals surface area contributed by atoms with Crippen LogP contribution in [0.15, 0.2) is 42.5 Å². The van der Waals surface area contributed by atoms with Crippen LogP contribution in [0.1, 0.15) is 76.0 Å². The Morgan fingerprint density at radius 3 is 2.26 bits per heavy atom. The van der Waals surface area contributed by atoms with Crippen LogP contribution in [-0.4, -0.2) is 15.5 Å². The molecule has 0 saturated carbocycles. The lowest BCUT2D eigenvalue weighted by atomic mass is 9.82. The number of rotatable bonds is 7. The smallest absolute Gasteiger partial charge is 0.165 e. The van der Waals surface area contributed by atoms with Crippen LogP contribution >= 0.6 is 11.6 Å². The molecule has 166 valence electrons. The van der Waals surface area contributed by atoms with E-state index in [0.29, 0.717) is 18.0 Å². The van der Waals surface area contributed by atoms with Crippen molar-refractivity contribution in [3.63, 3.8) is 0 Å². The highest BCUT2D eigenvalue weighted by atomic mass is 35.5. The van der Waals surface area contributed by atoms with E-state index in [1.165, 1.54) is 0 Å². The summed E-state index contributed by atoms with van der Waals surface area (Å²) < 4.78 is 2.26. The molecule has 0 bridgehead atoms. The molecule has 0 amide bonds. The van der Waals surface area contributed by atoms with Gasteiger partial charge in [0.05, 0.1) is 0 Å². The maximum atomic E-state index is 13.6. The summed E-state index contributed by atoms with van der Waals surface area (Å²) in [6.45, 7) is 13.6. The number of hydrogen-bond donors (Lipinski definition) is 1. The van der Waals surface area contributed by atoms with E-state index in [-0.39, 0.29) is 22.4 Å². The maximum Gasteiger partial charge on any atom is 0.165 e. The number of phenols is 1. The van der Waals surface area contributed by atoms with Crippen molar-refractivity contribution in [2.45, 2.75) is 67.3 Å². The van der Waals surface area contributed by atoms with Crippen LogP contribution in [0.2, 0.25) is 5.02 Å². The average molecular weight is 440 g/mol. The number of fused-ring (bicyclic) bond motifs is 1. The minimum absolute atomic E-state index is 0.0466. The fourth-order valence-electron chi connectivity index (χ4n) is 3.99. The third kappa shape index (κ3) is 5.51. The number of Topliss-reactive ketones (excluding diaryl/α,β-unsaturated/α-hetero) is 1. The van der Waals surface area contributed by atoms with Gasteiger partial charge in [0.2, 0.25) is 0 Å². The van der Waals surface area contributed by atoms with Gasteiger partial charge < -0.3 is 9.67 Å². The van der Waals surface area contributed by atoms with Gasteiger partial charge in [0, 0.05) is 40.1 Å². The third-order valence-corrected chi connectivity index (χ3v) is 6.23. The van der Waals surface area contributed by atoms with Gasteiger partial charge in [-0.2, -0.15) is 0 Å². The van der Waals surface area contributed by atoms with Gasteiger partial charge >= 0.3 is 0 Å². The van der Waals surface area contributed by atoms with E-state index in [4.69, 9.17) is 11.6 Å². The molecule has 0 aliphatic carbocycles. The lowest BCUT2D eigenvalue weighted by molar-refractivity contribution is 0.0939. The quantitative estimate of drug-likeness (QED) is 0.384. The van der Waals surface area contributed by atoms with Crippen molar-refractivity contribution in [3.8, 4) is 5.75 Å². The minimum atomic E-state index is -0.115. The summed E-state index contributed by atoms with van der Waals surface area (Å²) >= 11 is 6.09. The molecule has 3 rings (SSSR count). The largest absolute Gasteiger partial charge is 0.508 e. The van der Waals surface area contributed by atoms with Crippen molar-refractivity contribution in [3.05, 3.63) is 64.3 Å². The number of phenolic OH excluding ortho intramolecular Hbond substituents is 1. The first-order valence-electron chi connectivity index (χ1n) is 11.0. The van der Waals surface area contributed by atoms with Gasteiger partial charge in [-0.05, 0) is 53.1 Å². The van der Waals surface area contributed by atoms with Crippen LogP contribution in [-0.2, 0) is 13.0 Å². The average Bonchev–Trinajstić information content (AvgIpc) is 2.94. The van der Waals surface area contributed by atoms with Gasteiger partial charge in [-0.3, -0.25) is 4.79 Å². The maximum absolute atomic E-state index is 13.6. The number of nitrogens with zero attached hydrogens (tertiary/aromatic N) is 1. The Morgan fingerprint density at radius 1 is 1.03 bits per heavy atom. The lowest BCUT2D eigenvalue weighted by Crippen LogP contribution is -2.20. The van der Waals surface area contributed by atoms with Gasteiger partial charge in [-0.15, -0.1) is 0 Å². The van der Waals surface area contributed by atoms with Crippen LogP contribution < -0.4 is 0 Å². The summed E-state index contributed by atoms with van der Waals surface area (Å²) in [7, 11) is 0. The van der Waals surface area contributed by atoms with E-state index in [9.17, 15) is 9.90 Å². The van der Waals surface area contributed by atoms with Crippen LogP contribution in [0.25, 0.3) is 10.9 Å². The van der Waals surface area contributed by atoms with Crippen molar-refractivity contribution in [1.29, 1.82) is 0 Å². The molecule has 0 unspecified atom stereocenters. The molecule has 0 radical (unpaired) electrons. The topological polar surface area (TPSA) is 42.2 Å². The van der Waals surface area contributed by atoms with E-state index in [0.717, 1.165) is 40.6 Å². The van der Waals surface area contributed by atoms with Crippen molar-refractivity contribution < 1.29 is 9.90 Å². The Kier molecular flexibility index (Phi) is 6.57. The van der Waals surface area contributed by atoms with Gasteiger partial charge in [0.25, 0.3) is 0 Å². The molecule has 0 fully saturated rings. The van der Waals surface area contributed by atoms with Crippen molar-refractivity contribution in [2.24, 2.45) is 10.8 Å². The Bertz CT molecular complexity index is 1090. The molecule has 31 heavy (non-hydrogen) atoms. The summed E-state index contributed by atoms with van der Waals surface area (Å²) in [6.07, 6.45) is 2.26. The van der Waals surface area contributed by atoms with E-state index >= 15 is 0 Å². The fourth-order valence-corrected chi connectivity index (χ4v) is 4.12. The number of aromatic hydroxyl groups is 1. The molecule has 1 N–H and O–H groups in total. The molecule has 4 heteroatoms. The molecule has 1 heterocycles. The van der Waals surface area contributed by atoms with Crippen LogP contribution in [0, 0.1) is 10.8 Å². The molecular formula is C27H34ClNO2. The molecular weight excluding hydrogens is 406 g/mol. The van der Waals surface area contributed by atoms with Crippen LogP contribution in [0.5, 0.6) is 5.75 Å². The van der Waals surface area contributed by atoms with E-state index in [1.54, 1.807) is 12.1 Å². The van der Waals surface area contributed by atoms with E-state index in [2.05, 4.69) is 46.1 Å². The summed E-state index contributed by atoms with van der Waals surface area (Å²) in [4.78, 5) is 13.6. The second-order valence-electron chi connectivity index (χ2n) is 10.6. The summed E-state index contributed by atoms with van der Waals surface area (Å²) in [6, 6.07) is 13.2. The Hall–Kier alpha value is -2.26. The zero-order valence-electron chi connectivity index (χ0n) is 19.6. The second-order valence-corrected chi connectivity index (χ2v) is 11.0. The number of hydrogen-bond acceptors (Lipinski definition) is 2. The zero-order chi connectivity index (χ0) is 23.0. The molecule has 3 nitrogen and oxygen atoms in total. The van der Waals surface area contributed by atoms with E-state index < -0.39 is 0 Å². The molecule has 2 aromatic carbocycles. The second kappa shape index (κ2) is 8.70. The standard InChI is InChI=1S/C27H34ClNO2/c1-7-27(5,6)15-23-25(24(31)16-26(2,3)4)21-14-20(30)12-13-22(21)29(23)17-18-8-10-19(28)11-9-18/h8-14,30H,7,15-17H2,1-6H3. The number of benzene rings is 2. The van der Waals surface area contributed by atoms with Gasteiger partial charge in [-0.25, -0.2) is 0 Å². The third-order valence-electron chi connectivity index (χ3n) is 5.98. The first-order valence-corrected chi connectivity index (χ1v) is 11.4. The zero-order valence-corrected chi connectivity index (χ0v) is 20.3. The molecule has 3 aromatic rings. The SMILES string of the molecule is CCC(C)(C)Cc1c(C(=O)CC(C)(C)C)c2cc(O)ccc2n1Cc1ccc(Cl)cc1. The predicted octanol–water partition coefficient (Wildman–Crippen LogP) is 7.65. The van der Waals surface area contributed by atoms with E-state index in [1.807, 2.05) is 30.3 Å². The number of ketones is 1. The van der Waals surface area contributed by atoms with Crippen LogP contribution in [0.3, 0.4) is 0 Å². The first-order chi connectivity index (χ1) is 14.4. The number of halogens is 1. The number of carbonyl (C=O) groups excluding carboxylic acids is 1. The highest BCUT2D eigenvalue weighted by Crippen LogP contribution is 2.37. The Balaban J connectivity index is 2.26. The summed E-state index contributed by atoms with van der Waals surface area (Å²) in [5.41, 5.74) is 3.85. The molecule has 0 spiro atoms. The number of aromatic nitrogens is 1. The minimum Gasteiger partial charge on any atom is -0.508 e. The normalized spacial score (nSPS) is 12.5. The molecule has 0 aliphatic rings. The first kappa shape index (κ1) is 23.4. The number of carbonyl (C=O) groups is 1. The monoisotopic (exact) mass is 439 g/mol. The molecule has 1 aromatic heterocycles. The lowest BCUT2D eigenvalue weighted by Gasteiger charge is -2.25. The molecule has 0 aliphatic heterocycles. The Labute approximate surface area is 191 Å². The molecule has 0 atom stereocenters.